The van der Waals surface area contributed by atoms with Crippen molar-refractivity contribution >= 4 is 5.91 Å². The molecule has 20 heavy (non-hydrogen) atoms. The van der Waals surface area contributed by atoms with Crippen molar-refractivity contribution in [2.45, 2.75) is 26.7 Å². The van der Waals surface area contributed by atoms with E-state index in [-0.39, 0.29) is 11.7 Å². The Labute approximate surface area is 119 Å². The van der Waals surface area contributed by atoms with Crippen LogP contribution in [0.3, 0.4) is 0 Å². The molecular formula is C15H20N4O. The van der Waals surface area contributed by atoms with Crippen LogP contribution in [-0.2, 0) is 0 Å². The van der Waals surface area contributed by atoms with Crippen molar-refractivity contribution in [3.63, 3.8) is 0 Å². The molecule has 0 aliphatic heterocycles. The number of benzene rings is 1. The summed E-state index contributed by atoms with van der Waals surface area (Å²) in [4.78, 5) is 18.3. The van der Waals surface area contributed by atoms with Gasteiger partial charge in [-0.1, -0.05) is 32.0 Å². The van der Waals surface area contributed by atoms with Crippen LogP contribution in [0.1, 0.15) is 37.3 Å². The summed E-state index contributed by atoms with van der Waals surface area (Å²) in [6.45, 7) is 5.61. The van der Waals surface area contributed by atoms with E-state index in [1.54, 1.807) is 11.0 Å². The summed E-state index contributed by atoms with van der Waals surface area (Å²) >= 11 is 0. The second-order valence-corrected chi connectivity index (χ2v) is 4.64. The van der Waals surface area contributed by atoms with Crippen molar-refractivity contribution in [2.24, 2.45) is 0 Å². The third kappa shape index (κ3) is 3.23. The Morgan fingerprint density at radius 1 is 1.15 bits per heavy atom. The highest BCUT2D eigenvalue weighted by Crippen LogP contribution is 2.07. The standard InChI is InChI=1S/C15H20N4O/c1-3-10-18(11-4-2)15(20)14-16-12-19(17-14)13-8-6-5-7-9-13/h5-9,12H,3-4,10-11H2,1-2H3. The monoisotopic (exact) mass is 272 g/mol. The normalized spacial score (nSPS) is 10.5. The molecule has 0 spiro atoms. The van der Waals surface area contributed by atoms with Crippen LogP contribution in [0.25, 0.3) is 5.69 Å². The van der Waals surface area contributed by atoms with Crippen LogP contribution in [0.5, 0.6) is 0 Å². The Bertz CT molecular complexity index is 544. The van der Waals surface area contributed by atoms with E-state index in [0.29, 0.717) is 0 Å². The Balaban J connectivity index is 2.17. The lowest BCUT2D eigenvalue weighted by atomic mass is 10.3. The predicted molar refractivity (Wildman–Crippen MR) is 77.8 cm³/mol. The van der Waals surface area contributed by atoms with Gasteiger partial charge >= 0.3 is 0 Å². The van der Waals surface area contributed by atoms with Gasteiger partial charge in [0.15, 0.2) is 0 Å². The van der Waals surface area contributed by atoms with Crippen LogP contribution in [-0.4, -0.2) is 38.7 Å². The molecule has 0 bridgehead atoms. The topological polar surface area (TPSA) is 51.0 Å². The first-order valence-electron chi connectivity index (χ1n) is 7.02. The Kier molecular flexibility index (Phi) is 4.87. The van der Waals surface area contributed by atoms with Gasteiger partial charge in [0.05, 0.1) is 5.69 Å². The molecule has 1 aromatic carbocycles. The van der Waals surface area contributed by atoms with Crippen molar-refractivity contribution < 1.29 is 4.79 Å². The maximum Gasteiger partial charge on any atom is 0.293 e. The number of nitrogens with zero attached hydrogens (tertiary/aromatic N) is 4. The fourth-order valence-electron chi connectivity index (χ4n) is 2.06. The van der Waals surface area contributed by atoms with E-state index < -0.39 is 0 Å². The summed E-state index contributed by atoms with van der Waals surface area (Å²) in [7, 11) is 0. The van der Waals surface area contributed by atoms with Crippen LogP contribution in [0.2, 0.25) is 0 Å². The fourth-order valence-corrected chi connectivity index (χ4v) is 2.06. The third-order valence-electron chi connectivity index (χ3n) is 2.98. The lowest BCUT2D eigenvalue weighted by Gasteiger charge is -2.19. The highest BCUT2D eigenvalue weighted by molar-refractivity contribution is 5.90. The smallest absolute Gasteiger partial charge is 0.293 e. The van der Waals surface area contributed by atoms with Gasteiger partial charge in [0.2, 0.25) is 5.82 Å². The van der Waals surface area contributed by atoms with E-state index in [1.807, 2.05) is 35.2 Å². The van der Waals surface area contributed by atoms with E-state index in [4.69, 9.17) is 0 Å². The zero-order valence-corrected chi connectivity index (χ0v) is 12.0. The van der Waals surface area contributed by atoms with Crippen molar-refractivity contribution in [3.8, 4) is 5.69 Å². The SMILES string of the molecule is CCCN(CCC)C(=O)c1ncn(-c2ccccc2)n1. The molecule has 0 fully saturated rings. The summed E-state index contributed by atoms with van der Waals surface area (Å²) in [6, 6.07) is 9.66. The summed E-state index contributed by atoms with van der Waals surface area (Å²) in [5, 5.41) is 4.28. The molecule has 106 valence electrons. The van der Waals surface area contributed by atoms with Gasteiger partial charge in [-0.2, -0.15) is 0 Å². The maximum atomic E-state index is 12.4. The molecular weight excluding hydrogens is 252 g/mol. The fraction of sp³-hybridized carbons (Fsp3) is 0.400. The van der Waals surface area contributed by atoms with E-state index >= 15 is 0 Å². The molecule has 1 aromatic heterocycles. The van der Waals surface area contributed by atoms with Gasteiger partial charge in [-0.05, 0) is 25.0 Å². The van der Waals surface area contributed by atoms with Crippen LogP contribution >= 0.6 is 0 Å². The number of carbonyl (C=O) groups is 1. The average molecular weight is 272 g/mol. The first kappa shape index (κ1) is 14.2. The molecule has 2 aromatic rings. The summed E-state index contributed by atoms with van der Waals surface area (Å²) in [5.74, 6) is 0.166. The minimum absolute atomic E-state index is 0.0941. The second-order valence-electron chi connectivity index (χ2n) is 4.64. The number of carbonyl (C=O) groups excluding carboxylic acids is 1. The zero-order valence-electron chi connectivity index (χ0n) is 12.0. The Morgan fingerprint density at radius 3 is 2.40 bits per heavy atom. The van der Waals surface area contributed by atoms with Crippen molar-refractivity contribution in [3.05, 3.63) is 42.5 Å². The molecule has 0 aliphatic rings. The molecule has 0 radical (unpaired) electrons. The summed E-state index contributed by atoms with van der Waals surface area (Å²) < 4.78 is 1.63. The number of para-hydroxylation sites is 1. The van der Waals surface area contributed by atoms with E-state index in [0.717, 1.165) is 31.6 Å². The number of amides is 1. The molecule has 0 N–H and O–H groups in total. The number of hydrogen-bond donors (Lipinski definition) is 0. The average Bonchev–Trinajstić information content (AvgIpc) is 2.97. The maximum absolute atomic E-state index is 12.4. The highest BCUT2D eigenvalue weighted by atomic mass is 16.2. The van der Waals surface area contributed by atoms with Gasteiger partial charge < -0.3 is 4.90 Å². The third-order valence-corrected chi connectivity index (χ3v) is 2.98. The van der Waals surface area contributed by atoms with Gasteiger partial charge in [-0.25, -0.2) is 9.67 Å². The lowest BCUT2D eigenvalue weighted by Crippen LogP contribution is -2.33. The van der Waals surface area contributed by atoms with Gasteiger partial charge in [0, 0.05) is 13.1 Å². The van der Waals surface area contributed by atoms with Crippen LogP contribution in [0.4, 0.5) is 0 Å². The molecule has 0 saturated heterocycles. The van der Waals surface area contributed by atoms with E-state index in [2.05, 4.69) is 23.9 Å². The molecule has 0 atom stereocenters. The first-order valence-corrected chi connectivity index (χ1v) is 7.02. The van der Waals surface area contributed by atoms with Crippen LogP contribution in [0, 0.1) is 0 Å². The van der Waals surface area contributed by atoms with Crippen molar-refractivity contribution in [1.82, 2.24) is 19.7 Å². The van der Waals surface area contributed by atoms with Gasteiger partial charge in [0.25, 0.3) is 5.91 Å². The van der Waals surface area contributed by atoms with Crippen LogP contribution in [0.15, 0.2) is 36.7 Å². The first-order chi connectivity index (χ1) is 9.76. The Hall–Kier alpha value is -2.17. The minimum atomic E-state index is -0.0941. The summed E-state index contributed by atoms with van der Waals surface area (Å²) in [5.41, 5.74) is 0.900. The number of hydrogen-bond acceptors (Lipinski definition) is 3. The molecule has 0 aliphatic carbocycles. The van der Waals surface area contributed by atoms with Crippen molar-refractivity contribution in [2.75, 3.05) is 13.1 Å². The minimum Gasteiger partial charge on any atom is -0.336 e. The van der Waals surface area contributed by atoms with Gasteiger partial charge in [-0.15, -0.1) is 5.10 Å². The molecule has 1 amide bonds. The largest absolute Gasteiger partial charge is 0.336 e. The van der Waals surface area contributed by atoms with E-state index in [1.165, 1.54) is 0 Å². The predicted octanol–water partition coefficient (Wildman–Crippen LogP) is 2.53. The molecule has 1 heterocycles. The van der Waals surface area contributed by atoms with Gasteiger partial charge in [-0.3, -0.25) is 4.79 Å². The zero-order chi connectivity index (χ0) is 14.4. The quantitative estimate of drug-likeness (QED) is 0.812. The number of rotatable bonds is 6. The molecule has 2 rings (SSSR count). The molecule has 5 nitrogen and oxygen atoms in total. The molecule has 5 heteroatoms. The number of aromatic nitrogens is 3. The highest BCUT2D eigenvalue weighted by Gasteiger charge is 2.18. The van der Waals surface area contributed by atoms with Gasteiger partial charge in [0.1, 0.15) is 6.33 Å². The lowest BCUT2D eigenvalue weighted by molar-refractivity contribution is 0.0743. The molecule has 0 unspecified atom stereocenters. The molecule has 0 saturated carbocycles. The van der Waals surface area contributed by atoms with E-state index in [9.17, 15) is 4.79 Å². The summed E-state index contributed by atoms with van der Waals surface area (Å²) in [6.07, 6.45) is 3.45. The second kappa shape index (κ2) is 6.84. The Morgan fingerprint density at radius 2 is 1.80 bits per heavy atom. The van der Waals surface area contributed by atoms with Crippen LogP contribution < -0.4 is 0 Å². The van der Waals surface area contributed by atoms with Crippen molar-refractivity contribution in [1.29, 1.82) is 0 Å².